The first-order valence-corrected chi connectivity index (χ1v) is 7.18. The van der Waals surface area contributed by atoms with E-state index < -0.39 is 42.0 Å². The zero-order chi connectivity index (χ0) is 17.3. The predicted molar refractivity (Wildman–Crippen MR) is 80.3 cm³/mol. The maximum absolute atomic E-state index is 12.0. The number of aliphatic carboxylic acids is 1. The molecule has 0 radical (unpaired) electrons. The number of nitrogens with two attached hydrogens (primary N) is 1. The van der Waals surface area contributed by atoms with Crippen LogP contribution < -0.4 is 16.4 Å². The smallest absolute Gasteiger partial charge is 0.303 e. The minimum Gasteiger partial charge on any atom is -0.481 e. The third-order valence-electron chi connectivity index (χ3n) is 2.79. The van der Waals surface area contributed by atoms with Crippen molar-refractivity contribution in [3.05, 3.63) is 0 Å². The summed E-state index contributed by atoms with van der Waals surface area (Å²) in [7, 11) is 0. The molecule has 0 aliphatic rings. The number of thiol groups is 1. The summed E-state index contributed by atoms with van der Waals surface area (Å²) in [5.74, 6) is -2.55. The molecule has 0 aromatic carbocycles. The number of rotatable bonds is 10. The van der Waals surface area contributed by atoms with Crippen molar-refractivity contribution in [3.63, 3.8) is 0 Å². The molecule has 0 unspecified atom stereocenters. The van der Waals surface area contributed by atoms with Crippen molar-refractivity contribution in [2.24, 2.45) is 5.73 Å². The molecule has 6 N–H and O–H groups in total. The third kappa shape index (κ3) is 7.38. The standard InChI is InChI=1S/C12H21N3O6S/c1-6(17)9(4-16)15-12(21)8(2-3-10(18)19)14-11(20)7(13)5-22/h4,6-9,17,22H,2-3,5,13H2,1H3,(H,14,20)(H,15,21)(H,18,19)/t6-,7+,8+,9-/m1/s1. The number of aliphatic hydroxyl groups excluding tert-OH is 1. The van der Waals surface area contributed by atoms with Gasteiger partial charge in [0, 0.05) is 12.2 Å². The van der Waals surface area contributed by atoms with Gasteiger partial charge in [0.2, 0.25) is 11.8 Å². The van der Waals surface area contributed by atoms with Crippen LogP contribution in [0.5, 0.6) is 0 Å². The van der Waals surface area contributed by atoms with Gasteiger partial charge in [-0.05, 0) is 13.3 Å². The number of carbonyl (C=O) groups is 4. The van der Waals surface area contributed by atoms with Crippen molar-refractivity contribution < 1.29 is 29.4 Å². The van der Waals surface area contributed by atoms with Crippen molar-refractivity contribution in [2.75, 3.05) is 5.75 Å². The SMILES string of the molecule is C[C@@H](O)[C@@H](C=O)NC(=O)[C@H](CCC(=O)O)NC(=O)[C@@H](N)CS. The number of carboxylic acid groups (broad SMARTS) is 1. The van der Waals surface area contributed by atoms with E-state index in [1.807, 2.05) is 0 Å². The molecule has 0 aromatic rings. The maximum Gasteiger partial charge on any atom is 0.303 e. The zero-order valence-corrected chi connectivity index (χ0v) is 13.0. The van der Waals surface area contributed by atoms with Crippen molar-refractivity contribution in [3.8, 4) is 0 Å². The summed E-state index contributed by atoms with van der Waals surface area (Å²) >= 11 is 3.85. The molecule has 0 bridgehead atoms. The van der Waals surface area contributed by atoms with E-state index in [0.29, 0.717) is 6.29 Å². The van der Waals surface area contributed by atoms with Gasteiger partial charge in [-0.3, -0.25) is 14.4 Å². The van der Waals surface area contributed by atoms with Gasteiger partial charge in [-0.1, -0.05) is 0 Å². The highest BCUT2D eigenvalue weighted by atomic mass is 32.1. The topological polar surface area (TPSA) is 159 Å². The second-order valence-corrected chi connectivity index (χ2v) is 5.06. The number of aliphatic hydroxyl groups is 1. The van der Waals surface area contributed by atoms with Gasteiger partial charge in [-0.15, -0.1) is 0 Å². The lowest BCUT2D eigenvalue weighted by atomic mass is 10.1. The van der Waals surface area contributed by atoms with Gasteiger partial charge in [0.25, 0.3) is 0 Å². The first-order chi connectivity index (χ1) is 10.2. The minimum absolute atomic E-state index is 0.0454. The lowest BCUT2D eigenvalue weighted by Gasteiger charge is -2.22. The van der Waals surface area contributed by atoms with E-state index in [1.165, 1.54) is 6.92 Å². The molecule has 0 aromatic heterocycles. The lowest BCUT2D eigenvalue weighted by Crippen LogP contribution is -2.55. The number of hydrogen-bond acceptors (Lipinski definition) is 7. The molecule has 0 aliphatic heterocycles. The molecule has 0 saturated heterocycles. The summed E-state index contributed by atoms with van der Waals surface area (Å²) in [5, 5.41) is 22.5. The Balaban J connectivity index is 4.89. The van der Waals surface area contributed by atoms with E-state index >= 15 is 0 Å². The zero-order valence-electron chi connectivity index (χ0n) is 12.1. The summed E-state index contributed by atoms with van der Waals surface area (Å²) in [6.45, 7) is 1.31. The normalized spacial score (nSPS) is 16.0. The number of carbonyl (C=O) groups excluding carboxylic acids is 3. The first kappa shape index (κ1) is 20.3. The van der Waals surface area contributed by atoms with Crippen LogP contribution in [0.3, 0.4) is 0 Å². The fourth-order valence-corrected chi connectivity index (χ4v) is 1.60. The van der Waals surface area contributed by atoms with Crippen molar-refractivity contribution in [1.82, 2.24) is 10.6 Å². The molecular weight excluding hydrogens is 314 g/mol. The lowest BCUT2D eigenvalue weighted by molar-refractivity contribution is -0.138. The average molecular weight is 335 g/mol. The van der Waals surface area contributed by atoms with Crippen molar-refractivity contribution >= 4 is 36.7 Å². The van der Waals surface area contributed by atoms with Crippen LogP contribution in [0.15, 0.2) is 0 Å². The predicted octanol–water partition coefficient (Wildman–Crippen LogP) is -2.34. The average Bonchev–Trinajstić information content (AvgIpc) is 2.46. The molecule has 0 heterocycles. The Morgan fingerprint density at radius 2 is 1.86 bits per heavy atom. The Kier molecular flexibility index (Phi) is 9.38. The second-order valence-electron chi connectivity index (χ2n) is 4.69. The monoisotopic (exact) mass is 335 g/mol. The van der Waals surface area contributed by atoms with E-state index in [0.717, 1.165) is 0 Å². The van der Waals surface area contributed by atoms with Crippen LogP contribution in [0.4, 0.5) is 0 Å². The van der Waals surface area contributed by atoms with Gasteiger partial charge in [0.05, 0.1) is 12.1 Å². The number of aldehydes is 1. The van der Waals surface area contributed by atoms with E-state index in [1.54, 1.807) is 0 Å². The molecule has 10 heteroatoms. The maximum atomic E-state index is 12.0. The summed E-state index contributed by atoms with van der Waals surface area (Å²) < 4.78 is 0. The van der Waals surface area contributed by atoms with Crippen LogP contribution in [0.2, 0.25) is 0 Å². The molecule has 9 nitrogen and oxygen atoms in total. The van der Waals surface area contributed by atoms with Gasteiger partial charge < -0.3 is 31.4 Å². The van der Waals surface area contributed by atoms with Crippen LogP contribution in [-0.4, -0.2) is 64.3 Å². The third-order valence-corrected chi connectivity index (χ3v) is 3.18. The van der Waals surface area contributed by atoms with Gasteiger partial charge in [-0.25, -0.2) is 0 Å². The van der Waals surface area contributed by atoms with E-state index in [-0.39, 0.29) is 18.6 Å². The fourth-order valence-electron chi connectivity index (χ4n) is 1.43. The molecule has 22 heavy (non-hydrogen) atoms. The van der Waals surface area contributed by atoms with Crippen LogP contribution in [0.1, 0.15) is 19.8 Å². The molecule has 0 fully saturated rings. The highest BCUT2D eigenvalue weighted by Crippen LogP contribution is 2.01. The van der Waals surface area contributed by atoms with Crippen LogP contribution in [0.25, 0.3) is 0 Å². The number of nitrogens with one attached hydrogen (secondary N) is 2. The molecular formula is C12H21N3O6S. The van der Waals surface area contributed by atoms with E-state index in [9.17, 15) is 24.3 Å². The molecule has 2 amide bonds. The minimum atomic E-state index is -1.18. The quantitative estimate of drug-likeness (QED) is 0.193. The molecule has 0 aliphatic carbocycles. The molecule has 4 atom stereocenters. The molecule has 0 rings (SSSR count). The van der Waals surface area contributed by atoms with Gasteiger partial charge in [0.1, 0.15) is 18.4 Å². The fraction of sp³-hybridized carbons (Fsp3) is 0.667. The van der Waals surface area contributed by atoms with Crippen LogP contribution >= 0.6 is 12.6 Å². The number of carboxylic acids is 1. The van der Waals surface area contributed by atoms with Crippen molar-refractivity contribution in [2.45, 2.75) is 44.0 Å². The van der Waals surface area contributed by atoms with Gasteiger partial charge >= 0.3 is 5.97 Å². The molecule has 0 spiro atoms. The van der Waals surface area contributed by atoms with Crippen molar-refractivity contribution in [1.29, 1.82) is 0 Å². The summed E-state index contributed by atoms with van der Waals surface area (Å²) in [6.07, 6.45) is -1.33. The number of hydrogen-bond donors (Lipinski definition) is 6. The first-order valence-electron chi connectivity index (χ1n) is 6.55. The molecule has 126 valence electrons. The Morgan fingerprint density at radius 1 is 1.27 bits per heavy atom. The number of amides is 2. The van der Waals surface area contributed by atoms with Crippen LogP contribution in [-0.2, 0) is 19.2 Å². The largest absolute Gasteiger partial charge is 0.481 e. The Morgan fingerprint density at radius 3 is 2.27 bits per heavy atom. The van der Waals surface area contributed by atoms with E-state index in [2.05, 4.69) is 23.3 Å². The van der Waals surface area contributed by atoms with E-state index in [4.69, 9.17) is 10.8 Å². The Hall–Kier alpha value is -1.65. The summed E-state index contributed by atoms with van der Waals surface area (Å²) in [6, 6.07) is -3.30. The highest BCUT2D eigenvalue weighted by Gasteiger charge is 2.26. The van der Waals surface area contributed by atoms with Gasteiger partial charge in [-0.2, -0.15) is 12.6 Å². The van der Waals surface area contributed by atoms with Crippen LogP contribution in [0, 0.1) is 0 Å². The Labute approximate surface area is 133 Å². The summed E-state index contributed by atoms with van der Waals surface area (Å²) in [5.41, 5.74) is 5.46. The Bertz CT molecular complexity index is 418. The summed E-state index contributed by atoms with van der Waals surface area (Å²) in [4.78, 5) is 45.1. The molecule has 0 saturated carbocycles. The van der Waals surface area contributed by atoms with Gasteiger partial charge in [0.15, 0.2) is 0 Å². The second kappa shape index (κ2) is 10.1. The highest BCUT2D eigenvalue weighted by molar-refractivity contribution is 7.80.